The van der Waals surface area contributed by atoms with Crippen LogP contribution in [0.4, 0.5) is 28.7 Å². The highest BCUT2D eigenvalue weighted by atomic mass is 32.1. The number of thiophene rings is 2. The Morgan fingerprint density at radius 2 is 1.19 bits per heavy atom. The molecule has 0 radical (unpaired) electrons. The maximum absolute atomic E-state index is 5.10. The van der Waals surface area contributed by atoms with Crippen LogP contribution in [0.2, 0.25) is 0 Å². The summed E-state index contributed by atoms with van der Waals surface area (Å²) in [5.41, 5.74) is 10.9. The van der Waals surface area contributed by atoms with Crippen molar-refractivity contribution in [3.05, 3.63) is 186 Å². The molecule has 4 nitrogen and oxygen atoms in total. The summed E-state index contributed by atoms with van der Waals surface area (Å²) in [6.07, 6.45) is 12.0. The van der Waals surface area contributed by atoms with Crippen molar-refractivity contribution in [3.8, 4) is 0 Å². The predicted octanol–water partition coefficient (Wildman–Crippen LogP) is 14.6. The molecule has 4 aromatic heterocycles. The van der Waals surface area contributed by atoms with Crippen LogP contribution in [0.5, 0.6) is 0 Å². The number of allylic oxidation sites excluding steroid dienone is 1. The summed E-state index contributed by atoms with van der Waals surface area (Å²) in [6, 6.07) is 48.9. The number of rotatable bonds is 6. The number of hydrogen-bond donors (Lipinski definition) is 0. The molecular weight excluding hydrogens is 745 g/mol. The zero-order chi connectivity index (χ0) is 38.5. The lowest BCUT2D eigenvalue weighted by Crippen LogP contribution is -2.33. The fourth-order valence-electron chi connectivity index (χ4n) is 9.27. The molecule has 6 aromatic carbocycles. The van der Waals surface area contributed by atoms with Gasteiger partial charge in [-0.1, -0.05) is 109 Å². The lowest BCUT2D eigenvalue weighted by molar-refractivity contribution is 0.930. The monoisotopic (exact) mass is 780 g/mol. The number of anilines is 5. The lowest BCUT2D eigenvalue weighted by atomic mass is 9.78. The van der Waals surface area contributed by atoms with E-state index in [-0.39, 0.29) is 6.04 Å². The van der Waals surface area contributed by atoms with Gasteiger partial charge in [-0.05, 0) is 102 Å². The number of hydrogen-bond acceptors (Lipinski definition) is 6. The zero-order valence-electron chi connectivity index (χ0n) is 32.0. The van der Waals surface area contributed by atoms with E-state index in [0.29, 0.717) is 0 Å². The second kappa shape index (κ2) is 13.0. The molecule has 2 aliphatic carbocycles. The van der Waals surface area contributed by atoms with Gasteiger partial charge in [-0.15, -0.1) is 22.7 Å². The van der Waals surface area contributed by atoms with E-state index in [9.17, 15) is 0 Å². The van der Waals surface area contributed by atoms with Crippen molar-refractivity contribution in [2.24, 2.45) is 0 Å². The van der Waals surface area contributed by atoms with Gasteiger partial charge in [-0.2, -0.15) is 0 Å². The topological polar surface area (TPSA) is 32.3 Å². The minimum atomic E-state index is -0.0666. The molecule has 12 rings (SSSR count). The van der Waals surface area contributed by atoms with Gasteiger partial charge in [0.05, 0.1) is 32.5 Å². The van der Waals surface area contributed by atoms with Crippen molar-refractivity contribution in [3.63, 3.8) is 0 Å². The zero-order valence-corrected chi connectivity index (χ0v) is 33.6. The fourth-order valence-corrected chi connectivity index (χ4v) is 11.7. The van der Waals surface area contributed by atoms with Crippen molar-refractivity contribution in [1.29, 1.82) is 0 Å². The van der Waals surface area contributed by atoms with Crippen molar-refractivity contribution in [1.82, 2.24) is 9.97 Å². The summed E-state index contributed by atoms with van der Waals surface area (Å²) in [7, 11) is 0. The fraction of sp³-hybridized carbons (Fsp3) is 0.0769. The summed E-state index contributed by atoms with van der Waals surface area (Å²) < 4.78 is 5.12. The molecule has 6 heteroatoms. The van der Waals surface area contributed by atoms with Gasteiger partial charge in [0, 0.05) is 48.7 Å². The van der Waals surface area contributed by atoms with Crippen molar-refractivity contribution in [2.45, 2.75) is 26.3 Å². The number of nitrogens with zero attached hydrogens (tertiary/aromatic N) is 4. The lowest BCUT2D eigenvalue weighted by Gasteiger charge is -2.38. The van der Waals surface area contributed by atoms with E-state index in [0.717, 1.165) is 40.6 Å². The van der Waals surface area contributed by atoms with E-state index in [4.69, 9.17) is 9.97 Å². The van der Waals surface area contributed by atoms with Gasteiger partial charge in [-0.3, -0.25) is 4.90 Å². The minimum Gasteiger partial charge on any atom is -0.314 e. The third kappa shape index (κ3) is 5.05. The highest BCUT2D eigenvalue weighted by Gasteiger charge is 2.33. The van der Waals surface area contributed by atoms with Crippen molar-refractivity contribution < 1.29 is 0 Å². The molecule has 0 fully saturated rings. The second-order valence-electron chi connectivity index (χ2n) is 15.5. The largest absolute Gasteiger partial charge is 0.314 e. The third-order valence-corrected chi connectivity index (χ3v) is 14.4. The normalized spacial score (nSPS) is 14.5. The van der Waals surface area contributed by atoms with Crippen molar-refractivity contribution >= 4 is 114 Å². The average Bonchev–Trinajstić information content (AvgIpc) is 3.85. The van der Waals surface area contributed by atoms with E-state index in [2.05, 4.69) is 175 Å². The summed E-state index contributed by atoms with van der Waals surface area (Å²) in [4.78, 5) is 15.0. The smallest absolute Gasteiger partial charge is 0.137 e. The van der Waals surface area contributed by atoms with Crippen LogP contribution in [0, 0.1) is 13.8 Å². The molecule has 10 aromatic rings. The highest BCUT2D eigenvalue weighted by molar-refractivity contribution is 7.26. The first-order valence-electron chi connectivity index (χ1n) is 19.8. The molecular formula is C52H36N4S2. The summed E-state index contributed by atoms with van der Waals surface area (Å²) in [5.74, 6) is 1.84. The van der Waals surface area contributed by atoms with E-state index in [1.54, 1.807) is 0 Å². The number of fused-ring (bicyclic) bond motifs is 6. The van der Waals surface area contributed by atoms with Gasteiger partial charge < -0.3 is 4.90 Å². The molecule has 0 bridgehead atoms. The molecule has 0 N–H and O–H groups in total. The van der Waals surface area contributed by atoms with Gasteiger partial charge in [0.1, 0.15) is 11.6 Å². The maximum Gasteiger partial charge on any atom is 0.137 e. The van der Waals surface area contributed by atoms with Gasteiger partial charge in [-0.25, -0.2) is 9.97 Å². The first kappa shape index (κ1) is 33.5. The molecule has 1 atom stereocenters. The Bertz CT molecular complexity index is 3350. The van der Waals surface area contributed by atoms with Gasteiger partial charge in [0.2, 0.25) is 0 Å². The first-order chi connectivity index (χ1) is 28.6. The standard InChI is InChI=1S/C52H36N4S2/c1-31-17-27-47(53-29-31)55(43-13-7-11-37-35-9-3-5-15-45(35)57-51(37)43)41-25-21-33-20-24-40-42(26-22-34-19-23-39(41)49(33)50(34)40)56(48-28-18-32(2)30-54-48)44-14-8-12-38-36-10-4-6-16-46(36)58-52(38)44/h3-19,21-30,42H,20H2,1-2H3. The highest BCUT2D eigenvalue weighted by Crippen LogP contribution is 2.51. The van der Waals surface area contributed by atoms with Crippen LogP contribution >= 0.6 is 22.7 Å². The predicted molar refractivity (Wildman–Crippen MR) is 249 cm³/mol. The van der Waals surface area contributed by atoms with Crippen LogP contribution in [0.15, 0.2) is 158 Å². The van der Waals surface area contributed by atoms with Crippen LogP contribution < -0.4 is 9.80 Å². The third-order valence-electron chi connectivity index (χ3n) is 11.9. The van der Waals surface area contributed by atoms with E-state index < -0.39 is 0 Å². The quantitative estimate of drug-likeness (QED) is 0.168. The molecule has 0 aliphatic heterocycles. The van der Waals surface area contributed by atoms with Crippen LogP contribution in [-0.4, -0.2) is 16.0 Å². The molecule has 0 saturated carbocycles. The molecule has 0 amide bonds. The summed E-state index contributed by atoms with van der Waals surface area (Å²) >= 11 is 3.72. The first-order valence-corrected chi connectivity index (χ1v) is 21.4. The van der Waals surface area contributed by atoms with Crippen LogP contribution in [0.1, 0.15) is 27.8 Å². The van der Waals surface area contributed by atoms with Gasteiger partial charge in [0.25, 0.3) is 0 Å². The number of aromatic nitrogens is 2. The second-order valence-corrected chi connectivity index (χ2v) is 17.6. The molecule has 4 heterocycles. The number of aryl methyl sites for hydroxylation is 2. The van der Waals surface area contributed by atoms with E-state index >= 15 is 0 Å². The van der Waals surface area contributed by atoms with Crippen LogP contribution in [0.25, 0.3) is 62.8 Å². The molecule has 276 valence electrons. The van der Waals surface area contributed by atoms with Crippen LogP contribution in [-0.2, 0) is 6.42 Å². The minimum absolute atomic E-state index is 0.0666. The van der Waals surface area contributed by atoms with Crippen LogP contribution in [0.3, 0.4) is 0 Å². The molecule has 2 aliphatic rings. The van der Waals surface area contributed by atoms with Gasteiger partial charge >= 0.3 is 0 Å². The molecule has 58 heavy (non-hydrogen) atoms. The Balaban J connectivity index is 1.07. The molecule has 1 unspecified atom stereocenters. The Kier molecular flexibility index (Phi) is 7.50. The Morgan fingerprint density at radius 3 is 1.88 bits per heavy atom. The maximum atomic E-state index is 5.10. The molecule has 0 spiro atoms. The average molecular weight is 781 g/mol. The van der Waals surface area contributed by atoms with E-state index in [1.807, 2.05) is 35.1 Å². The summed E-state index contributed by atoms with van der Waals surface area (Å²) in [5, 5.41) is 7.68. The SMILES string of the molecule is Cc1ccc(N(c2ccc3c4c5c(ccc24)C=CC(N(c2ccc(C)cn2)c2cccc4c2sc2ccccc24)C5=CC3)c2cccc3c2sc2ccccc23)nc1. The number of benzene rings is 6. The van der Waals surface area contributed by atoms with E-state index in [1.165, 1.54) is 79.1 Å². The molecule has 0 saturated heterocycles. The Labute approximate surface area is 344 Å². The van der Waals surface area contributed by atoms with Crippen molar-refractivity contribution in [2.75, 3.05) is 9.80 Å². The summed E-state index contributed by atoms with van der Waals surface area (Å²) in [6.45, 7) is 4.21. The number of pyridine rings is 2. The Hall–Kier alpha value is -6.60. The Morgan fingerprint density at radius 1 is 0.552 bits per heavy atom. The van der Waals surface area contributed by atoms with Gasteiger partial charge in [0.15, 0.2) is 0 Å².